The summed E-state index contributed by atoms with van der Waals surface area (Å²) in [6, 6.07) is 0. The monoisotopic (exact) mass is 348 g/mol. The van der Waals surface area contributed by atoms with Crippen LogP contribution in [0.3, 0.4) is 0 Å². The Bertz CT molecular complexity index is 180. The van der Waals surface area contributed by atoms with Crippen LogP contribution in [0.1, 0.15) is 0 Å². The van der Waals surface area contributed by atoms with Crippen molar-refractivity contribution >= 4 is 40.4 Å². The van der Waals surface area contributed by atoms with Gasteiger partial charge in [0.05, 0.1) is 0 Å². The van der Waals surface area contributed by atoms with Gasteiger partial charge in [0.1, 0.15) is 0 Å². The van der Waals surface area contributed by atoms with Crippen molar-refractivity contribution in [2.45, 2.75) is 0 Å². The molecular formula is Na4O8S4. The molecule has 16 heavy (non-hydrogen) atoms. The van der Waals surface area contributed by atoms with Crippen molar-refractivity contribution in [3.8, 4) is 0 Å². The SMILES string of the molecule is O=S([O-])S(=O)[O-].O=S([O-])S(=O)[O-].[Na+].[Na+].[Na+].[Na+]. The molecule has 4 unspecified atom stereocenters. The molecule has 0 saturated heterocycles. The third kappa shape index (κ3) is 36.2. The van der Waals surface area contributed by atoms with Crippen LogP contribution in [-0.2, 0) is 40.4 Å². The van der Waals surface area contributed by atoms with Crippen LogP contribution in [0.2, 0.25) is 0 Å². The second kappa shape index (κ2) is 24.5. The first-order chi connectivity index (χ1) is 5.29. The van der Waals surface area contributed by atoms with Crippen molar-refractivity contribution in [3.05, 3.63) is 0 Å². The first-order valence-corrected chi connectivity index (χ1v) is 7.00. The van der Waals surface area contributed by atoms with Gasteiger partial charge in [-0.15, -0.1) is 0 Å². The number of hydrogen-bond donors (Lipinski definition) is 0. The molecule has 0 amide bonds. The van der Waals surface area contributed by atoms with Gasteiger partial charge in [-0.2, -0.15) is 0 Å². The minimum atomic E-state index is -2.95. The molecule has 0 aliphatic heterocycles. The Labute approximate surface area is 189 Å². The maximum absolute atomic E-state index is 9.09. The molecule has 0 spiro atoms. The van der Waals surface area contributed by atoms with Crippen LogP contribution in [-0.4, -0.2) is 35.0 Å². The first kappa shape index (κ1) is 37.0. The molecule has 4 atom stereocenters. The number of rotatable bonds is 2. The molecule has 0 bridgehead atoms. The van der Waals surface area contributed by atoms with Crippen LogP contribution in [0, 0.1) is 0 Å². The maximum Gasteiger partial charge on any atom is 1.00 e. The first-order valence-electron chi connectivity index (χ1n) is 1.67. The van der Waals surface area contributed by atoms with Crippen LogP contribution < -0.4 is 118 Å². The second-order valence-corrected chi connectivity index (χ2v) is 5.72. The van der Waals surface area contributed by atoms with Crippen molar-refractivity contribution in [1.82, 2.24) is 0 Å². The smallest absolute Gasteiger partial charge is 0.763 e. The van der Waals surface area contributed by atoms with Crippen molar-refractivity contribution in [2.75, 3.05) is 0 Å². The zero-order valence-corrected chi connectivity index (χ0v) is 20.2. The summed E-state index contributed by atoms with van der Waals surface area (Å²) in [5.41, 5.74) is 0. The van der Waals surface area contributed by atoms with Crippen molar-refractivity contribution in [3.63, 3.8) is 0 Å². The summed E-state index contributed by atoms with van der Waals surface area (Å²) in [6.45, 7) is 0. The van der Waals surface area contributed by atoms with E-state index in [1.54, 1.807) is 0 Å². The summed E-state index contributed by atoms with van der Waals surface area (Å²) in [5, 5.41) is 0. The summed E-state index contributed by atoms with van der Waals surface area (Å²) < 4.78 is 72.7. The van der Waals surface area contributed by atoms with Gasteiger partial charge in [-0.3, -0.25) is 16.8 Å². The molecular weight excluding hydrogens is 348 g/mol. The largest absolute Gasteiger partial charge is 1.00 e. The van der Waals surface area contributed by atoms with Crippen LogP contribution >= 0.6 is 0 Å². The molecule has 0 aliphatic rings. The van der Waals surface area contributed by atoms with Gasteiger partial charge in [0.15, 0.2) is 0 Å². The fraction of sp³-hybridized carbons (Fsp3) is 0. The van der Waals surface area contributed by atoms with E-state index in [4.69, 9.17) is 35.0 Å². The molecule has 0 aromatic rings. The molecule has 0 radical (unpaired) electrons. The average molecular weight is 348 g/mol. The summed E-state index contributed by atoms with van der Waals surface area (Å²) in [4.78, 5) is 0. The van der Waals surface area contributed by atoms with E-state index in [1.165, 1.54) is 0 Å². The van der Waals surface area contributed by atoms with Crippen LogP contribution in [0.15, 0.2) is 0 Å². The van der Waals surface area contributed by atoms with Crippen LogP contribution in [0.25, 0.3) is 0 Å². The third-order valence-corrected chi connectivity index (χ3v) is 2.00. The molecule has 0 aliphatic carbocycles. The topological polar surface area (TPSA) is 161 Å². The van der Waals surface area contributed by atoms with Crippen molar-refractivity contribution in [2.24, 2.45) is 0 Å². The summed E-state index contributed by atoms with van der Waals surface area (Å²) >= 11 is 0. The van der Waals surface area contributed by atoms with E-state index >= 15 is 0 Å². The minimum absolute atomic E-state index is 0. The van der Waals surface area contributed by atoms with Crippen LogP contribution in [0.4, 0.5) is 0 Å². The fourth-order valence-electron chi connectivity index (χ4n) is 0. The third-order valence-electron chi connectivity index (χ3n) is 0.222. The molecule has 0 aromatic heterocycles. The summed E-state index contributed by atoms with van der Waals surface area (Å²) in [7, 11) is -11.8. The standard InChI is InChI=1S/4Na.2H2O4S2/c;;;;2*1-5(2)6(3)4/h;;;;2*(H,1,2)(H,3,4)/q4*+1;;/p-4. The predicted molar refractivity (Wildman–Crippen MR) is 35.7 cm³/mol. The van der Waals surface area contributed by atoms with E-state index in [1.807, 2.05) is 0 Å². The Hall–Kier alpha value is 4.44. The normalized spacial score (nSPS) is 14.8. The summed E-state index contributed by atoms with van der Waals surface area (Å²) in [5.74, 6) is 0. The van der Waals surface area contributed by atoms with Crippen molar-refractivity contribution < 1.29 is 153 Å². The molecule has 8 nitrogen and oxygen atoms in total. The number of hydrogen-bond acceptors (Lipinski definition) is 8. The maximum atomic E-state index is 9.09. The van der Waals surface area contributed by atoms with E-state index in [0.717, 1.165) is 0 Å². The fourth-order valence-corrected chi connectivity index (χ4v) is 0. The van der Waals surface area contributed by atoms with Gasteiger partial charge >= 0.3 is 118 Å². The molecule has 0 heterocycles. The molecule has 0 N–H and O–H groups in total. The van der Waals surface area contributed by atoms with Gasteiger partial charge in [-0.25, -0.2) is 0 Å². The van der Waals surface area contributed by atoms with Gasteiger partial charge < -0.3 is 18.2 Å². The Morgan fingerprint density at radius 3 is 0.500 bits per heavy atom. The van der Waals surface area contributed by atoms with Gasteiger partial charge in [-0.1, -0.05) is 0 Å². The molecule has 0 aromatic carbocycles. The van der Waals surface area contributed by atoms with Gasteiger partial charge in [0.25, 0.3) is 0 Å². The van der Waals surface area contributed by atoms with E-state index in [-0.39, 0.29) is 118 Å². The molecule has 16 heteroatoms. The second-order valence-electron chi connectivity index (χ2n) is 0.816. The zero-order valence-electron chi connectivity index (χ0n) is 8.90. The summed E-state index contributed by atoms with van der Waals surface area (Å²) in [6.07, 6.45) is 0. The van der Waals surface area contributed by atoms with Gasteiger partial charge in [0, 0.05) is 40.4 Å². The van der Waals surface area contributed by atoms with E-state index in [2.05, 4.69) is 0 Å². The van der Waals surface area contributed by atoms with E-state index in [9.17, 15) is 0 Å². The minimum Gasteiger partial charge on any atom is -0.763 e. The van der Waals surface area contributed by atoms with Gasteiger partial charge in [-0.05, 0) is 0 Å². The average Bonchev–Trinajstić information content (AvgIpc) is 1.88. The Morgan fingerprint density at radius 2 is 0.500 bits per heavy atom. The molecule has 76 valence electrons. The van der Waals surface area contributed by atoms with Crippen LogP contribution in [0.5, 0.6) is 0 Å². The molecule has 0 saturated carbocycles. The van der Waals surface area contributed by atoms with Gasteiger partial charge in [0.2, 0.25) is 0 Å². The quantitative estimate of drug-likeness (QED) is 0.270. The molecule has 0 rings (SSSR count). The Morgan fingerprint density at radius 1 is 0.438 bits per heavy atom. The Kier molecular flexibility index (Phi) is 56.6. The van der Waals surface area contributed by atoms with E-state index < -0.39 is 40.4 Å². The molecule has 0 fully saturated rings. The zero-order chi connectivity index (χ0) is 10.3. The van der Waals surface area contributed by atoms with Crippen molar-refractivity contribution in [1.29, 1.82) is 0 Å². The predicted octanol–water partition coefficient (Wildman–Crippen LogP) is -14.7. The van der Waals surface area contributed by atoms with E-state index in [0.29, 0.717) is 0 Å². The Balaban J connectivity index is -0.0000000250.